The largest absolute Gasteiger partial charge is 0.416 e. The summed E-state index contributed by atoms with van der Waals surface area (Å²) < 4.78 is 70.2. The second kappa shape index (κ2) is 9.23. The zero-order valence-electron chi connectivity index (χ0n) is 15.8. The van der Waals surface area contributed by atoms with Crippen molar-refractivity contribution >= 4 is 15.9 Å². The van der Waals surface area contributed by atoms with E-state index in [-0.39, 0.29) is 31.0 Å². The van der Waals surface area contributed by atoms with Crippen LogP contribution in [0.2, 0.25) is 0 Å². The molecule has 1 aromatic rings. The number of methoxy groups -OCH3 is 1. The predicted molar refractivity (Wildman–Crippen MR) is 97.0 cm³/mol. The van der Waals surface area contributed by atoms with Gasteiger partial charge in [-0.2, -0.15) is 17.5 Å². The lowest BCUT2D eigenvalue weighted by Gasteiger charge is -2.31. The Morgan fingerprint density at radius 2 is 1.96 bits per heavy atom. The highest BCUT2D eigenvalue weighted by Crippen LogP contribution is 2.32. The van der Waals surface area contributed by atoms with Crippen LogP contribution in [0.5, 0.6) is 0 Å². The Kier molecular flexibility index (Phi) is 7.46. The fraction of sp³-hybridized carbons (Fsp3) is 0.611. The minimum absolute atomic E-state index is 0.0811. The van der Waals surface area contributed by atoms with Crippen LogP contribution < -0.4 is 5.32 Å². The van der Waals surface area contributed by atoms with Crippen molar-refractivity contribution in [2.75, 3.05) is 26.8 Å². The molecular formula is C18H25F3N2O4S. The Labute approximate surface area is 163 Å². The normalized spacial score (nSPS) is 18.0. The first-order valence-corrected chi connectivity index (χ1v) is 10.5. The zero-order chi connectivity index (χ0) is 20.9. The van der Waals surface area contributed by atoms with Gasteiger partial charge in [0, 0.05) is 26.1 Å². The highest BCUT2D eigenvalue weighted by atomic mass is 32.2. The second-order valence-corrected chi connectivity index (χ2v) is 8.71. The third-order valence-electron chi connectivity index (χ3n) is 4.83. The third-order valence-corrected chi connectivity index (χ3v) is 6.73. The van der Waals surface area contributed by atoms with Crippen molar-refractivity contribution in [3.8, 4) is 0 Å². The van der Waals surface area contributed by atoms with Crippen LogP contribution in [-0.2, 0) is 25.7 Å². The van der Waals surface area contributed by atoms with Crippen molar-refractivity contribution in [1.29, 1.82) is 0 Å². The van der Waals surface area contributed by atoms with E-state index in [0.717, 1.165) is 22.5 Å². The number of hydrogen-bond donors (Lipinski definition) is 1. The average molecular weight is 422 g/mol. The van der Waals surface area contributed by atoms with E-state index in [1.807, 2.05) is 6.92 Å². The van der Waals surface area contributed by atoms with Crippen LogP contribution in [0.15, 0.2) is 29.2 Å². The van der Waals surface area contributed by atoms with E-state index in [1.165, 1.54) is 0 Å². The summed E-state index contributed by atoms with van der Waals surface area (Å²) in [4.78, 5) is 12.0. The van der Waals surface area contributed by atoms with Crippen LogP contribution in [0.4, 0.5) is 13.2 Å². The van der Waals surface area contributed by atoms with Crippen molar-refractivity contribution in [3.63, 3.8) is 0 Å². The van der Waals surface area contributed by atoms with Crippen molar-refractivity contribution < 1.29 is 31.1 Å². The Hall–Kier alpha value is -1.65. The van der Waals surface area contributed by atoms with E-state index in [2.05, 4.69) is 5.32 Å². The molecule has 1 saturated heterocycles. The summed E-state index contributed by atoms with van der Waals surface area (Å²) in [5.74, 6) is -0.487. The molecule has 1 N–H and O–H groups in total. The van der Waals surface area contributed by atoms with Gasteiger partial charge in [-0.1, -0.05) is 13.0 Å². The smallest absolute Gasteiger partial charge is 0.383 e. The number of benzene rings is 1. The van der Waals surface area contributed by atoms with E-state index in [9.17, 15) is 26.4 Å². The topological polar surface area (TPSA) is 75.7 Å². The van der Waals surface area contributed by atoms with Crippen LogP contribution >= 0.6 is 0 Å². The number of amides is 1. The van der Waals surface area contributed by atoms with E-state index in [1.54, 1.807) is 7.11 Å². The molecule has 0 bridgehead atoms. The lowest BCUT2D eigenvalue weighted by Crippen LogP contribution is -2.46. The number of ether oxygens (including phenoxy) is 1. The quantitative estimate of drug-likeness (QED) is 0.733. The highest BCUT2D eigenvalue weighted by molar-refractivity contribution is 7.89. The van der Waals surface area contributed by atoms with E-state index in [4.69, 9.17) is 4.74 Å². The number of halogens is 3. The number of rotatable bonds is 7. The van der Waals surface area contributed by atoms with Crippen molar-refractivity contribution in [2.24, 2.45) is 5.92 Å². The van der Waals surface area contributed by atoms with Gasteiger partial charge in [-0.05, 0) is 37.5 Å². The summed E-state index contributed by atoms with van der Waals surface area (Å²) in [6.07, 6.45) is -3.28. The van der Waals surface area contributed by atoms with Gasteiger partial charge in [0.25, 0.3) is 0 Å². The van der Waals surface area contributed by atoms with E-state index >= 15 is 0 Å². The molecule has 1 heterocycles. The molecule has 0 aliphatic carbocycles. The SMILES string of the molecule is CCC(COC)NC(=O)C1CCN(S(=O)(=O)c2cccc(C(F)(F)F)c2)CC1. The molecule has 10 heteroatoms. The summed E-state index contributed by atoms with van der Waals surface area (Å²) in [6.45, 7) is 2.48. The molecule has 1 fully saturated rings. The van der Waals surface area contributed by atoms with Gasteiger partial charge in [0.15, 0.2) is 0 Å². The Morgan fingerprint density at radius 1 is 1.32 bits per heavy atom. The molecule has 28 heavy (non-hydrogen) atoms. The lowest BCUT2D eigenvalue weighted by atomic mass is 9.97. The van der Waals surface area contributed by atoms with Crippen LogP contribution in [0, 0.1) is 5.92 Å². The minimum Gasteiger partial charge on any atom is -0.383 e. The first kappa shape index (κ1) is 22.6. The summed E-state index contributed by atoms with van der Waals surface area (Å²) >= 11 is 0. The van der Waals surface area contributed by atoms with Gasteiger partial charge in [-0.3, -0.25) is 4.79 Å². The number of piperidine rings is 1. The minimum atomic E-state index is -4.62. The Bertz CT molecular complexity index is 775. The molecule has 1 aliphatic rings. The van der Waals surface area contributed by atoms with Crippen LogP contribution in [-0.4, -0.2) is 51.5 Å². The third kappa shape index (κ3) is 5.45. The summed E-state index contributed by atoms with van der Waals surface area (Å²) in [7, 11) is -2.50. The predicted octanol–water partition coefficient (Wildman–Crippen LogP) is 2.65. The van der Waals surface area contributed by atoms with Gasteiger partial charge >= 0.3 is 6.18 Å². The molecule has 2 rings (SSSR count). The molecule has 0 radical (unpaired) electrons. The Morgan fingerprint density at radius 3 is 2.50 bits per heavy atom. The van der Waals surface area contributed by atoms with E-state index < -0.39 is 26.7 Å². The number of alkyl halides is 3. The highest BCUT2D eigenvalue weighted by Gasteiger charge is 2.35. The lowest BCUT2D eigenvalue weighted by molar-refractivity contribution is -0.137. The van der Waals surface area contributed by atoms with Gasteiger partial charge in [-0.25, -0.2) is 8.42 Å². The van der Waals surface area contributed by atoms with Gasteiger partial charge in [-0.15, -0.1) is 0 Å². The summed E-state index contributed by atoms with van der Waals surface area (Å²) in [6, 6.07) is 3.60. The van der Waals surface area contributed by atoms with Gasteiger partial charge in [0.2, 0.25) is 15.9 Å². The summed E-state index contributed by atoms with van der Waals surface area (Å²) in [5, 5.41) is 2.89. The van der Waals surface area contributed by atoms with E-state index in [0.29, 0.717) is 31.9 Å². The van der Waals surface area contributed by atoms with Crippen molar-refractivity contribution in [2.45, 2.75) is 43.3 Å². The maximum absolute atomic E-state index is 12.9. The molecule has 0 aromatic heterocycles. The number of nitrogens with one attached hydrogen (secondary N) is 1. The molecule has 6 nitrogen and oxygen atoms in total. The van der Waals surface area contributed by atoms with Crippen LogP contribution in [0.1, 0.15) is 31.7 Å². The first-order valence-electron chi connectivity index (χ1n) is 9.06. The number of carbonyl (C=O) groups is 1. The number of sulfonamides is 1. The first-order chi connectivity index (χ1) is 13.1. The monoisotopic (exact) mass is 422 g/mol. The fourth-order valence-electron chi connectivity index (χ4n) is 3.12. The van der Waals surface area contributed by atoms with Gasteiger partial charge in [0.1, 0.15) is 0 Å². The molecule has 0 saturated carbocycles. The van der Waals surface area contributed by atoms with Gasteiger partial charge < -0.3 is 10.1 Å². The molecule has 158 valence electrons. The molecule has 1 aliphatic heterocycles. The van der Waals surface area contributed by atoms with Crippen molar-refractivity contribution in [3.05, 3.63) is 29.8 Å². The molecule has 0 spiro atoms. The number of carbonyl (C=O) groups excluding carboxylic acids is 1. The molecule has 1 atom stereocenters. The second-order valence-electron chi connectivity index (χ2n) is 6.77. The van der Waals surface area contributed by atoms with Gasteiger partial charge in [0.05, 0.1) is 23.1 Å². The molecule has 1 amide bonds. The van der Waals surface area contributed by atoms with Crippen LogP contribution in [0.25, 0.3) is 0 Å². The number of nitrogens with zero attached hydrogens (tertiary/aromatic N) is 1. The average Bonchev–Trinajstić information content (AvgIpc) is 2.67. The molecule has 1 aromatic carbocycles. The molecular weight excluding hydrogens is 397 g/mol. The van der Waals surface area contributed by atoms with Crippen molar-refractivity contribution in [1.82, 2.24) is 9.62 Å². The Balaban J connectivity index is 2.03. The standard InChI is InChI=1S/C18H25F3N2O4S/c1-3-15(12-27-2)22-17(24)13-7-9-23(10-8-13)28(25,26)16-6-4-5-14(11-16)18(19,20)21/h4-6,11,13,15H,3,7-10,12H2,1-2H3,(H,22,24). The maximum Gasteiger partial charge on any atom is 0.416 e. The summed E-state index contributed by atoms with van der Waals surface area (Å²) in [5.41, 5.74) is -1.01. The zero-order valence-corrected chi connectivity index (χ0v) is 16.6. The molecule has 1 unspecified atom stereocenters. The maximum atomic E-state index is 12.9. The fourth-order valence-corrected chi connectivity index (χ4v) is 4.64. The van der Waals surface area contributed by atoms with Crippen LogP contribution in [0.3, 0.4) is 0 Å². The number of hydrogen-bond acceptors (Lipinski definition) is 4.